The van der Waals surface area contributed by atoms with Crippen LogP contribution in [0.15, 0.2) is 0 Å². The van der Waals surface area contributed by atoms with Crippen molar-refractivity contribution in [3.05, 3.63) is 0 Å². The Balaban J connectivity index is 1.83. The van der Waals surface area contributed by atoms with Gasteiger partial charge in [-0.3, -0.25) is 0 Å². The van der Waals surface area contributed by atoms with Crippen molar-refractivity contribution in [3.8, 4) is 0 Å². The van der Waals surface area contributed by atoms with Crippen LogP contribution < -0.4 is 10.6 Å². The highest BCUT2D eigenvalue weighted by atomic mass is 14.9. The van der Waals surface area contributed by atoms with E-state index in [1.807, 2.05) is 0 Å². The molecule has 0 aliphatic carbocycles. The van der Waals surface area contributed by atoms with Crippen molar-refractivity contribution < 1.29 is 0 Å². The molecule has 1 saturated heterocycles. The normalized spacial score (nSPS) is 22.8. The Bertz CT molecular complexity index is 117. The summed E-state index contributed by atoms with van der Waals surface area (Å²) in [5.74, 6) is 1.74. The van der Waals surface area contributed by atoms with Crippen molar-refractivity contribution in [3.63, 3.8) is 0 Å². The fourth-order valence-electron chi connectivity index (χ4n) is 1.83. The first-order valence-corrected chi connectivity index (χ1v) is 5.70. The maximum absolute atomic E-state index is 3.54. The van der Waals surface area contributed by atoms with E-state index < -0.39 is 0 Å². The van der Waals surface area contributed by atoms with E-state index in [1.54, 1.807) is 0 Å². The largest absolute Gasteiger partial charge is 0.316 e. The van der Waals surface area contributed by atoms with E-state index in [9.17, 15) is 0 Å². The first-order chi connectivity index (χ1) is 6.29. The molecule has 2 nitrogen and oxygen atoms in total. The van der Waals surface area contributed by atoms with Crippen molar-refractivity contribution in [1.29, 1.82) is 0 Å². The molecule has 1 aliphatic rings. The van der Waals surface area contributed by atoms with Crippen molar-refractivity contribution in [2.45, 2.75) is 33.1 Å². The van der Waals surface area contributed by atoms with Gasteiger partial charge in [-0.15, -0.1) is 0 Å². The lowest BCUT2D eigenvalue weighted by Crippen LogP contribution is -2.25. The zero-order chi connectivity index (χ0) is 9.52. The molecule has 0 radical (unpaired) electrons. The van der Waals surface area contributed by atoms with Gasteiger partial charge in [0.05, 0.1) is 0 Å². The van der Waals surface area contributed by atoms with Crippen molar-refractivity contribution in [1.82, 2.24) is 10.6 Å². The Kier molecular flexibility index (Phi) is 5.40. The molecule has 0 aromatic carbocycles. The predicted octanol–water partition coefficient (Wildman–Crippen LogP) is 1.62. The van der Waals surface area contributed by atoms with Crippen LogP contribution in [0.4, 0.5) is 0 Å². The summed E-state index contributed by atoms with van der Waals surface area (Å²) in [5, 5.41) is 6.93. The van der Waals surface area contributed by atoms with Crippen LogP contribution in [0.1, 0.15) is 33.1 Å². The standard InChI is InChI=1S/C11H24N2/c1-10(2)4-3-6-12-8-11-5-7-13-9-11/h10-13H,3-9H2,1-2H3. The third kappa shape index (κ3) is 5.27. The zero-order valence-corrected chi connectivity index (χ0v) is 9.10. The lowest BCUT2D eigenvalue weighted by molar-refractivity contribution is 0.480. The Morgan fingerprint density at radius 1 is 1.46 bits per heavy atom. The second kappa shape index (κ2) is 6.39. The second-order valence-electron chi connectivity index (χ2n) is 4.60. The molecule has 1 fully saturated rings. The summed E-state index contributed by atoms with van der Waals surface area (Å²) in [7, 11) is 0. The first-order valence-electron chi connectivity index (χ1n) is 5.70. The molecule has 0 aromatic heterocycles. The Morgan fingerprint density at radius 3 is 2.92 bits per heavy atom. The molecule has 2 heteroatoms. The molecule has 0 saturated carbocycles. The lowest BCUT2D eigenvalue weighted by Gasteiger charge is -2.10. The molecule has 1 atom stereocenters. The van der Waals surface area contributed by atoms with Crippen LogP contribution in [0.5, 0.6) is 0 Å². The molecule has 0 spiro atoms. The molecule has 1 unspecified atom stereocenters. The average Bonchev–Trinajstić information content (AvgIpc) is 2.55. The minimum atomic E-state index is 0.856. The highest BCUT2D eigenvalue weighted by Crippen LogP contribution is 2.06. The van der Waals surface area contributed by atoms with E-state index in [1.165, 1.54) is 45.4 Å². The van der Waals surface area contributed by atoms with E-state index >= 15 is 0 Å². The molecular weight excluding hydrogens is 160 g/mol. The average molecular weight is 184 g/mol. The highest BCUT2D eigenvalue weighted by Gasteiger charge is 2.12. The van der Waals surface area contributed by atoms with E-state index in [2.05, 4.69) is 24.5 Å². The quantitative estimate of drug-likeness (QED) is 0.613. The molecule has 13 heavy (non-hydrogen) atoms. The van der Waals surface area contributed by atoms with Gasteiger partial charge in [0.25, 0.3) is 0 Å². The first kappa shape index (κ1) is 11.0. The molecule has 0 bridgehead atoms. The van der Waals surface area contributed by atoms with Gasteiger partial charge in [-0.05, 0) is 57.3 Å². The molecule has 1 aliphatic heterocycles. The van der Waals surface area contributed by atoms with Crippen LogP contribution >= 0.6 is 0 Å². The topological polar surface area (TPSA) is 24.1 Å². The number of rotatable bonds is 6. The molecule has 1 heterocycles. The zero-order valence-electron chi connectivity index (χ0n) is 9.10. The summed E-state index contributed by atoms with van der Waals surface area (Å²) in [6.07, 6.45) is 4.05. The number of nitrogens with one attached hydrogen (secondary N) is 2. The maximum atomic E-state index is 3.54. The summed E-state index contributed by atoms with van der Waals surface area (Å²) < 4.78 is 0. The van der Waals surface area contributed by atoms with E-state index in [0.717, 1.165) is 11.8 Å². The summed E-state index contributed by atoms with van der Waals surface area (Å²) in [6.45, 7) is 9.44. The minimum absolute atomic E-state index is 0.856. The molecule has 2 N–H and O–H groups in total. The van der Waals surface area contributed by atoms with E-state index in [-0.39, 0.29) is 0 Å². The van der Waals surface area contributed by atoms with Crippen LogP contribution in [0.2, 0.25) is 0 Å². The van der Waals surface area contributed by atoms with Crippen LogP contribution in [0.3, 0.4) is 0 Å². The van der Waals surface area contributed by atoms with Gasteiger partial charge >= 0.3 is 0 Å². The molecule has 1 rings (SSSR count). The van der Waals surface area contributed by atoms with Gasteiger partial charge in [0.1, 0.15) is 0 Å². The number of hydrogen-bond donors (Lipinski definition) is 2. The lowest BCUT2D eigenvalue weighted by atomic mass is 10.1. The summed E-state index contributed by atoms with van der Waals surface area (Å²) >= 11 is 0. The Labute approximate surface area is 82.5 Å². The fraction of sp³-hybridized carbons (Fsp3) is 1.00. The van der Waals surface area contributed by atoms with E-state index in [0.29, 0.717) is 0 Å². The fourth-order valence-corrected chi connectivity index (χ4v) is 1.83. The van der Waals surface area contributed by atoms with Gasteiger partial charge in [0, 0.05) is 0 Å². The van der Waals surface area contributed by atoms with Crippen LogP contribution in [-0.2, 0) is 0 Å². The third-order valence-corrected chi connectivity index (χ3v) is 2.73. The Morgan fingerprint density at radius 2 is 2.31 bits per heavy atom. The predicted molar refractivity (Wildman–Crippen MR) is 57.9 cm³/mol. The summed E-state index contributed by atoms with van der Waals surface area (Å²) in [6, 6.07) is 0. The minimum Gasteiger partial charge on any atom is -0.316 e. The van der Waals surface area contributed by atoms with Gasteiger partial charge in [0.2, 0.25) is 0 Å². The molecule has 0 aromatic rings. The van der Waals surface area contributed by atoms with Gasteiger partial charge in [-0.2, -0.15) is 0 Å². The Hall–Kier alpha value is -0.0800. The highest BCUT2D eigenvalue weighted by molar-refractivity contribution is 4.72. The number of hydrogen-bond acceptors (Lipinski definition) is 2. The monoisotopic (exact) mass is 184 g/mol. The van der Waals surface area contributed by atoms with Gasteiger partial charge in [-0.25, -0.2) is 0 Å². The summed E-state index contributed by atoms with van der Waals surface area (Å²) in [4.78, 5) is 0. The van der Waals surface area contributed by atoms with Gasteiger partial charge < -0.3 is 10.6 Å². The summed E-state index contributed by atoms with van der Waals surface area (Å²) in [5.41, 5.74) is 0. The molecule has 78 valence electrons. The maximum Gasteiger partial charge on any atom is -0.000790 e. The smallest absolute Gasteiger partial charge is 0.000790 e. The van der Waals surface area contributed by atoms with Crippen molar-refractivity contribution in [2.24, 2.45) is 11.8 Å². The van der Waals surface area contributed by atoms with E-state index in [4.69, 9.17) is 0 Å². The second-order valence-corrected chi connectivity index (χ2v) is 4.60. The van der Waals surface area contributed by atoms with Crippen LogP contribution in [0.25, 0.3) is 0 Å². The SMILES string of the molecule is CC(C)CCCNCC1CCNC1. The van der Waals surface area contributed by atoms with Crippen molar-refractivity contribution >= 4 is 0 Å². The van der Waals surface area contributed by atoms with Crippen molar-refractivity contribution in [2.75, 3.05) is 26.2 Å². The molecular formula is C11H24N2. The van der Waals surface area contributed by atoms with Crippen LogP contribution in [-0.4, -0.2) is 26.2 Å². The molecule has 0 amide bonds. The third-order valence-electron chi connectivity index (χ3n) is 2.73. The van der Waals surface area contributed by atoms with Gasteiger partial charge in [-0.1, -0.05) is 13.8 Å². The van der Waals surface area contributed by atoms with Gasteiger partial charge in [0.15, 0.2) is 0 Å². The van der Waals surface area contributed by atoms with Crippen LogP contribution in [0, 0.1) is 11.8 Å².